The van der Waals surface area contributed by atoms with Gasteiger partial charge in [-0.15, -0.1) is 0 Å². The average Bonchev–Trinajstić information content (AvgIpc) is 2.47. The molecule has 0 fully saturated rings. The van der Waals surface area contributed by atoms with Crippen LogP contribution in [-0.4, -0.2) is 17.6 Å². The summed E-state index contributed by atoms with van der Waals surface area (Å²) in [5, 5.41) is 11.8. The molecular weight excluding hydrogens is 271 g/mol. The van der Waals surface area contributed by atoms with E-state index in [0.717, 1.165) is 25.0 Å². The van der Waals surface area contributed by atoms with Crippen molar-refractivity contribution in [1.29, 1.82) is 0 Å². The number of nitrogens with two attached hydrogens (primary N) is 1. The molecule has 2 aromatic rings. The summed E-state index contributed by atoms with van der Waals surface area (Å²) < 4.78 is 13.6. The average molecular weight is 288 g/mol. The Hall–Kier alpha value is -2.56. The van der Waals surface area contributed by atoms with Crippen LogP contribution in [0.3, 0.4) is 0 Å². The first kappa shape index (κ1) is 14.8. The normalized spacial score (nSPS) is 10.3. The summed E-state index contributed by atoms with van der Waals surface area (Å²) in [4.78, 5) is 10.8. The van der Waals surface area contributed by atoms with Crippen LogP contribution in [0.5, 0.6) is 0 Å². The van der Waals surface area contributed by atoms with Crippen molar-refractivity contribution in [1.82, 2.24) is 0 Å². The van der Waals surface area contributed by atoms with E-state index < -0.39 is 17.3 Å². The zero-order valence-electron chi connectivity index (χ0n) is 11.5. The Kier molecular flexibility index (Phi) is 4.77. The monoisotopic (exact) mass is 288 g/mol. The van der Waals surface area contributed by atoms with Crippen molar-refractivity contribution < 1.29 is 14.3 Å². The molecule has 0 aliphatic carbocycles. The molecular formula is C16H17FN2O2. The molecule has 21 heavy (non-hydrogen) atoms. The number of nitrogen functional groups attached to an aromatic ring is 1. The quantitative estimate of drug-likeness (QED) is 0.564. The van der Waals surface area contributed by atoms with Gasteiger partial charge in [0.05, 0.1) is 16.9 Å². The van der Waals surface area contributed by atoms with Crippen molar-refractivity contribution in [3.8, 4) is 0 Å². The SMILES string of the molecule is Nc1cc(C(=O)O)c(F)cc1NCCCc1ccccc1. The molecule has 0 amide bonds. The van der Waals surface area contributed by atoms with Crippen LogP contribution >= 0.6 is 0 Å². The van der Waals surface area contributed by atoms with Gasteiger partial charge in [0.1, 0.15) is 5.82 Å². The third kappa shape index (κ3) is 3.95. The molecule has 0 radical (unpaired) electrons. The minimum atomic E-state index is -1.32. The summed E-state index contributed by atoms with van der Waals surface area (Å²) in [5.41, 5.74) is 7.20. The van der Waals surface area contributed by atoms with Gasteiger partial charge in [-0.2, -0.15) is 0 Å². The van der Waals surface area contributed by atoms with E-state index >= 15 is 0 Å². The predicted molar refractivity (Wildman–Crippen MR) is 81.0 cm³/mol. The molecule has 0 spiro atoms. The fraction of sp³-hybridized carbons (Fsp3) is 0.188. The number of carboxylic acids is 1. The van der Waals surface area contributed by atoms with Crippen molar-refractivity contribution in [2.75, 3.05) is 17.6 Å². The number of nitrogens with one attached hydrogen (secondary N) is 1. The van der Waals surface area contributed by atoms with Gasteiger partial charge >= 0.3 is 5.97 Å². The molecule has 4 N–H and O–H groups in total. The number of hydrogen-bond donors (Lipinski definition) is 3. The second-order valence-electron chi connectivity index (χ2n) is 4.74. The Bertz CT molecular complexity index is 630. The molecule has 2 rings (SSSR count). The van der Waals surface area contributed by atoms with Gasteiger partial charge in [0.25, 0.3) is 0 Å². The molecule has 0 aromatic heterocycles. The van der Waals surface area contributed by atoms with E-state index in [4.69, 9.17) is 10.8 Å². The van der Waals surface area contributed by atoms with Crippen LogP contribution in [0.15, 0.2) is 42.5 Å². The molecule has 110 valence electrons. The molecule has 0 bridgehead atoms. The van der Waals surface area contributed by atoms with Gasteiger partial charge in [0, 0.05) is 6.54 Å². The lowest BCUT2D eigenvalue weighted by atomic mass is 10.1. The second-order valence-corrected chi connectivity index (χ2v) is 4.74. The van der Waals surface area contributed by atoms with Crippen LogP contribution in [0.1, 0.15) is 22.3 Å². The van der Waals surface area contributed by atoms with Gasteiger partial charge in [0.15, 0.2) is 0 Å². The Morgan fingerprint density at radius 1 is 1.24 bits per heavy atom. The fourth-order valence-electron chi connectivity index (χ4n) is 2.07. The molecule has 0 saturated heterocycles. The first-order chi connectivity index (χ1) is 10.1. The predicted octanol–water partition coefficient (Wildman–Crippen LogP) is 3.15. The number of benzene rings is 2. The Morgan fingerprint density at radius 2 is 1.95 bits per heavy atom. The molecule has 0 saturated carbocycles. The number of carbonyl (C=O) groups is 1. The Morgan fingerprint density at radius 3 is 2.62 bits per heavy atom. The van der Waals surface area contributed by atoms with Crippen molar-refractivity contribution in [3.63, 3.8) is 0 Å². The third-order valence-corrected chi connectivity index (χ3v) is 3.17. The van der Waals surface area contributed by atoms with E-state index in [1.165, 1.54) is 5.56 Å². The van der Waals surface area contributed by atoms with Gasteiger partial charge < -0.3 is 16.2 Å². The molecule has 0 aliphatic heterocycles. The molecule has 0 atom stereocenters. The highest BCUT2D eigenvalue weighted by Crippen LogP contribution is 2.23. The lowest BCUT2D eigenvalue weighted by molar-refractivity contribution is 0.0692. The maximum atomic E-state index is 13.6. The van der Waals surface area contributed by atoms with Gasteiger partial charge in [-0.3, -0.25) is 0 Å². The van der Waals surface area contributed by atoms with E-state index in [2.05, 4.69) is 17.4 Å². The summed E-state index contributed by atoms with van der Waals surface area (Å²) >= 11 is 0. The largest absolute Gasteiger partial charge is 0.478 e. The third-order valence-electron chi connectivity index (χ3n) is 3.17. The zero-order valence-corrected chi connectivity index (χ0v) is 11.5. The van der Waals surface area contributed by atoms with Gasteiger partial charge in [-0.1, -0.05) is 30.3 Å². The summed E-state index contributed by atoms with van der Waals surface area (Å²) in [7, 11) is 0. The van der Waals surface area contributed by atoms with Crippen LogP contribution in [0.2, 0.25) is 0 Å². The van der Waals surface area contributed by atoms with E-state index in [1.54, 1.807) is 0 Å². The number of halogens is 1. The van der Waals surface area contributed by atoms with Crippen LogP contribution in [0.4, 0.5) is 15.8 Å². The summed E-state index contributed by atoms with van der Waals surface area (Å²) in [5.74, 6) is -2.11. The first-order valence-corrected chi connectivity index (χ1v) is 6.68. The zero-order chi connectivity index (χ0) is 15.2. The lowest BCUT2D eigenvalue weighted by Crippen LogP contribution is -2.08. The number of carboxylic acid groups (broad SMARTS) is 1. The standard InChI is InChI=1S/C16H17FN2O2/c17-13-10-15(14(18)9-12(13)16(20)21)19-8-4-7-11-5-2-1-3-6-11/h1-3,5-6,9-10,19H,4,7-8,18H2,(H,20,21). The van der Waals surface area contributed by atoms with Crippen molar-refractivity contribution in [3.05, 3.63) is 59.4 Å². The van der Waals surface area contributed by atoms with Crippen LogP contribution in [0.25, 0.3) is 0 Å². The maximum Gasteiger partial charge on any atom is 0.338 e. The van der Waals surface area contributed by atoms with Crippen molar-refractivity contribution in [2.45, 2.75) is 12.8 Å². The van der Waals surface area contributed by atoms with Crippen LogP contribution in [0, 0.1) is 5.82 Å². The van der Waals surface area contributed by atoms with E-state index in [1.807, 2.05) is 18.2 Å². The lowest BCUT2D eigenvalue weighted by Gasteiger charge is -2.10. The Balaban J connectivity index is 1.92. The topological polar surface area (TPSA) is 75.4 Å². The van der Waals surface area contributed by atoms with Gasteiger partial charge in [-0.25, -0.2) is 9.18 Å². The molecule has 4 nitrogen and oxygen atoms in total. The molecule has 0 unspecified atom stereocenters. The fourth-order valence-corrected chi connectivity index (χ4v) is 2.07. The summed E-state index contributed by atoms with van der Waals surface area (Å²) in [6.07, 6.45) is 1.77. The highest BCUT2D eigenvalue weighted by molar-refractivity contribution is 5.90. The number of aryl methyl sites for hydroxylation is 1. The number of aromatic carboxylic acids is 1. The Labute approximate surface area is 122 Å². The van der Waals surface area contributed by atoms with Crippen LogP contribution < -0.4 is 11.1 Å². The van der Waals surface area contributed by atoms with E-state index in [0.29, 0.717) is 12.2 Å². The molecule has 0 aliphatic rings. The first-order valence-electron chi connectivity index (χ1n) is 6.68. The van der Waals surface area contributed by atoms with E-state index in [9.17, 15) is 9.18 Å². The van der Waals surface area contributed by atoms with Crippen LogP contribution in [-0.2, 0) is 6.42 Å². The van der Waals surface area contributed by atoms with E-state index in [-0.39, 0.29) is 5.69 Å². The summed E-state index contributed by atoms with van der Waals surface area (Å²) in [6.45, 7) is 0.630. The second kappa shape index (κ2) is 6.74. The number of rotatable bonds is 6. The van der Waals surface area contributed by atoms with Crippen molar-refractivity contribution in [2.24, 2.45) is 0 Å². The smallest absolute Gasteiger partial charge is 0.338 e. The molecule has 2 aromatic carbocycles. The van der Waals surface area contributed by atoms with Gasteiger partial charge in [0.2, 0.25) is 0 Å². The highest BCUT2D eigenvalue weighted by atomic mass is 19.1. The number of hydrogen-bond acceptors (Lipinski definition) is 3. The highest BCUT2D eigenvalue weighted by Gasteiger charge is 2.13. The van der Waals surface area contributed by atoms with Gasteiger partial charge in [-0.05, 0) is 30.5 Å². The van der Waals surface area contributed by atoms with Crippen molar-refractivity contribution >= 4 is 17.3 Å². The maximum absolute atomic E-state index is 13.6. The number of anilines is 2. The summed E-state index contributed by atoms with van der Waals surface area (Å²) in [6, 6.07) is 12.3. The minimum Gasteiger partial charge on any atom is -0.478 e. The minimum absolute atomic E-state index is 0.230. The molecule has 0 heterocycles. The molecule has 5 heteroatoms.